The Kier molecular flexibility index (Phi) is 9.31. The predicted molar refractivity (Wildman–Crippen MR) is 131 cm³/mol. The van der Waals surface area contributed by atoms with Gasteiger partial charge in [-0.2, -0.15) is 0 Å². The van der Waals surface area contributed by atoms with Gasteiger partial charge in [0.15, 0.2) is 0 Å². The molecule has 0 unspecified atom stereocenters. The summed E-state index contributed by atoms with van der Waals surface area (Å²) in [6.45, 7) is 4.89. The molecular weight excluding hydrogens is 458 g/mol. The summed E-state index contributed by atoms with van der Waals surface area (Å²) in [5.41, 5.74) is 1.03. The van der Waals surface area contributed by atoms with Crippen molar-refractivity contribution in [3.63, 3.8) is 0 Å². The number of rotatable bonds is 11. The van der Waals surface area contributed by atoms with Crippen molar-refractivity contribution in [2.24, 2.45) is 0 Å². The highest BCUT2D eigenvalue weighted by Crippen LogP contribution is 2.24. The maximum absolute atomic E-state index is 13.5. The van der Waals surface area contributed by atoms with Crippen molar-refractivity contribution >= 4 is 27.5 Å². The maximum Gasteiger partial charge on any atom is 0.244 e. The molecule has 1 N–H and O–H groups in total. The molecule has 2 aromatic rings. The third kappa shape index (κ3) is 7.38. The van der Waals surface area contributed by atoms with Crippen LogP contribution >= 0.6 is 0 Å². The molecule has 0 aliphatic carbocycles. The monoisotopic (exact) mass is 491 g/mol. The van der Waals surface area contributed by atoms with Crippen molar-refractivity contribution in [1.29, 1.82) is 0 Å². The molecule has 186 valence electrons. The van der Waals surface area contributed by atoms with Gasteiger partial charge in [0.25, 0.3) is 0 Å². The van der Waals surface area contributed by atoms with Crippen LogP contribution in [0.2, 0.25) is 0 Å². The minimum atomic E-state index is -3.81. The molecule has 10 heteroatoms. The minimum absolute atomic E-state index is 0.0957. The lowest BCUT2D eigenvalue weighted by atomic mass is 10.1. The highest BCUT2D eigenvalue weighted by molar-refractivity contribution is 7.92. The summed E-state index contributed by atoms with van der Waals surface area (Å²) in [5.74, 6) is 0.204. The second-order valence-corrected chi connectivity index (χ2v) is 10.1. The molecule has 0 saturated heterocycles. The summed E-state index contributed by atoms with van der Waals surface area (Å²) in [6, 6.07) is 12.6. The van der Waals surface area contributed by atoms with Crippen LogP contribution in [0.5, 0.6) is 11.5 Å². The summed E-state index contributed by atoms with van der Waals surface area (Å²) < 4.78 is 36.7. The molecule has 0 aromatic heterocycles. The normalized spacial score (nSPS) is 12.1. The molecule has 1 atom stereocenters. The van der Waals surface area contributed by atoms with E-state index in [0.717, 1.165) is 16.1 Å². The summed E-state index contributed by atoms with van der Waals surface area (Å²) in [5, 5.41) is 2.81. The van der Waals surface area contributed by atoms with Crippen LogP contribution in [-0.2, 0) is 26.2 Å². The fourth-order valence-corrected chi connectivity index (χ4v) is 4.18. The second-order valence-electron chi connectivity index (χ2n) is 8.18. The number of amides is 2. The Morgan fingerprint density at radius 3 is 2.12 bits per heavy atom. The van der Waals surface area contributed by atoms with Crippen molar-refractivity contribution in [2.75, 3.05) is 31.3 Å². The van der Waals surface area contributed by atoms with Crippen LogP contribution in [0, 0.1) is 0 Å². The summed E-state index contributed by atoms with van der Waals surface area (Å²) in [7, 11) is -0.798. The molecule has 9 nitrogen and oxygen atoms in total. The number of nitrogens with zero attached hydrogens (tertiary/aromatic N) is 2. The van der Waals surface area contributed by atoms with Crippen LogP contribution in [0.15, 0.2) is 48.5 Å². The molecule has 0 saturated carbocycles. The first-order valence-electron chi connectivity index (χ1n) is 10.8. The Balaban J connectivity index is 2.41. The second kappa shape index (κ2) is 11.7. The molecule has 0 fully saturated rings. The van der Waals surface area contributed by atoms with E-state index in [4.69, 9.17) is 9.47 Å². The van der Waals surface area contributed by atoms with Crippen LogP contribution in [0.1, 0.15) is 26.3 Å². The molecule has 0 aliphatic heterocycles. The number of nitrogens with one attached hydrogen (secondary N) is 1. The first kappa shape index (κ1) is 27.0. The largest absolute Gasteiger partial charge is 0.497 e. The van der Waals surface area contributed by atoms with Gasteiger partial charge >= 0.3 is 0 Å². The van der Waals surface area contributed by atoms with E-state index < -0.39 is 28.5 Å². The zero-order chi connectivity index (χ0) is 25.5. The molecule has 2 rings (SSSR count). The van der Waals surface area contributed by atoms with Gasteiger partial charge in [0.1, 0.15) is 24.1 Å². The van der Waals surface area contributed by atoms with Crippen LogP contribution in [0.3, 0.4) is 0 Å². The van der Waals surface area contributed by atoms with E-state index >= 15 is 0 Å². The number of sulfonamides is 1. The van der Waals surface area contributed by atoms with E-state index in [2.05, 4.69) is 5.32 Å². The average Bonchev–Trinajstić information content (AvgIpc) is 2.79. The smallest absolute Gasteiger partial charge is 0.244 e. The fraction of sp³-hybridized carbons (Fsp3) is 0.417. The molecule has 34 heavy (non-hydrogen) atoms. The Hall–Kier alpha value is -3.27. The molecular formula is C24H33N3O6S. The number of hydrogen-bond donors (Lipinski definition) is 1. The van der Waals surface area contributed by atoms with Crippen LogP contribution in [0.4, 0.5) is 5.69 Å². The van der Waals surface area contributed by atoms with Crippen molar-refractivity contribution < 1.29 is 27.5 Å². The third-order valence-electron chi connectivity index (χ3n) is 5.11. The van der Waals surface area contributed by atoms with Crippen LogP contribution in [0.25, 0.3) is 0 Å². The Morgan fingerprint density at radius 2 is 1.56 bits per heavy atom. The van der Waals surface area contributed by atoms with E-state index in [1.54, 1.807) is 50.4 Å². The highest BCUT2D eigenvalue weighted by atomic mass is 32.2. The molecule has 0 spiro atoms. The van der Waals surface area contributed by atoms with Gasteiger partial charge in [-0.1, -0.05) is 18.2 Å². The van der Waals surface area contributed by atoms with Crippen molar-refractivity contribution in [1.82, 2.24) is 10.2 Å². The number of methoxy groups -OCH3 is 2. The van der Waals surface area contributed by atoms with Crippen LogP contribution in [-0.4, -0.2) is 64.2 Å². The molecule has 2 aromatic carbocycles. The maximum atomic E-state index is 13.5. The van der Waals surface area contributed by atoms with E-state index in [9.17, 15) is 18.0 Å². The molecule has 0 heterocycles. The van der Waals surface area contributed by atoms with Gasteiger partial charge in [-0.05, 0) is 50.6 Å². The van der Waals surface area contributed by atoms with Crippen molar-refractivity contribution in [2.45, 2.75) is 39.4 Å². The van der Waals surface area contributed by atoms with Crippen molar-refractivity contribution in [3.8, 4) is 11.5 Å². The number of ether oxygens (including phenoxy) is 2. The Bertz CT molecular complexity index is 1100. The first-order valence-corrected chi connectivity index (χ1v) is 12.7. The van der Waals surface area contributed by atoms with Gasteiger partial charge in [-0.25, -0.2) is 8.42 Å². The third-order valence-corrected chi connectivity index (χ3v) is 6.25. The summed E-state index contributed by atoms with van der Waals surface area (Å²) in [6.07, 6.45) is 1.03. The summed E-state index contributed by atoms with van der Waals surface area (Å²) >= 11 is 0. The van der Waals surface area contributed by atoms with Gasteiger partial charge in [-0.15, -0.1) is 0 Å². The van der Waals surface area contributed by atoms with Crippen LogP contribution < -0.4 is 19.1 Å². The van der Waals surface area contributed by atoms with E-state index in [1.165, 1.54) is 18.1 Å². The minimum Gasteiger partial charge on any atom is -0.497 e. The predicted octanol–water partition coefficient (Wildman–Crippen LogP) is 2.41. The summed E-state index contributed by atoms with van der Waals surface area (Å²) in [4.78, 5) is 27.6. The van der Waals surface area contributed by atoms with E-state index in [1.807, 2.05) is 19.9 Å². The zero-order valence-electron chi connectivity index (χ0n) is 20.4. The van der Waals surface area contributed by atoms with Gasteiger partial charge in [0, 0.05) is 18.7 Å². The number of anilines is 1. The lowest BCUT2D eigenvalue weighted by Gasteiger charge is -2.32. The first-order chi connectivity index (χ1) is 16.0. The molecule has 0 radical (unpaired) electrons. The lowest BCUT2D eigenvalue weighted by molar-refractivity contribution is -0.139. The average molecular weight is 492 g/mol. The molecule has 0 aliphatic rings. The number of benzene rings is 2. The number of carbonyl (C=O) groups is 2. The zero-order valence-corrected chi connectivity index (χ0v) is 21.3. The van der Waals surface area contributed by atoms with Gasteiger partial charge in [-0.3, -0.25) is 13.9 Å². The molecule has 2 amide bonds. The highest BCUT2D eigenvalue weighted by Gasteiger charge is 2.30. The van der Waals surface area contributed by atoms with E-state index in [-0.39, 0.29) is 24.2 Å². The van der Waals surface area contributed by atoms with Crippen molar-refractivity contribution in [3.05, 3.63) is 54.1 Å². The topological polar surface area (TPSA) is 105 Å². The Morgan fingerprint density at radius 1 is 0.971 bits per heavy atom. The number of carbonyl (C=O) groups excluding carboxylic acids is 2. The van der Waals surface area contributed by atoms with Gasteiger partial charge < -0.3 is 19.7 Å². The van der Waals surface area contributed by atoms with Gasteiger partial charge in [0.2, 0.25) is 21.8 Å². The SMILES string of the molecule is COc1cccc(CN(C(=O)CN(c2cccc(OC)c2)S(C)(=O)=O)[C@@H](C)C(=O)NC(C)C)c1. The fourth-order valence-electron chi connectivity index (χ4n) is 3.33. The van der Waals surface area contributed by atoms with E-state index in [0.29, 0.717) is 11.5 Å². The Labute approximate surface area is 201 Å². The van der Waals surface area contributed by atoms with Gasteiger partial charge in [0.05, 0.1) is 26.2 Å². The lowest BCUT2D eigenvalue weighted by Crippen LogP contribution is -2.52. The quantitative estimate of drug-likeness (QED) is 0.518. The molecule has 0 bridgehead atoms. The standard InChI is InChI=1S/C24H33N3O6S/c1-17(2)25-24(29)18(3)26(15-19-9-7-11-21(13-19)32-4)23(28)16-27(34(6,30)31)20-10-8-12-22(14-20)33-5/h7-14,17-18H,15-16H2,1-6H3,(H,25,29)/t18-/m0/s1. The number of hydrogen-bond acceptors (Lipinski definition) is 6.